The average molecular weight is 411 g/mol. The van der Waals surface area contributed by atoms with Crippen molar-refractivity contribution < 1.29 is 19.4 Å². The summed E-state index contributed by atoms with van der Waals surface area (Å²) < 4.78 is 5.36. The van der Waals surface area contributed by atoms with Crippen molar-refractivity contribution in [2.24, 2.45) is 0 Å². The summed E-state index contributed by atoms with van der Waals surface area (Å²) in [6, 6.07) is 5.30. The van der Waals surface area contributed by atoms with E-state index in [1.165, 1.54) is 6.08 Å². The minimum absolute atomic E-state index is 0.0296. The Bertz CT molecular complexity index is 1080. The summed E-state index contributed by atoms with van der Waals surface area (Å²) in [5, 5.41) is 21.0. The van der Waals surface area contributed by atoms with Gasteiger partial charge in [0.15, 0.2) is 5.78 Å². The number of hydrogen-bond acceptors (Lipinski definition) is 5. The van der Waals surface area contributed by atoms with E-state index in [9.17, 15) is 19.8 Å². The van der Waals surface area contributed by atoms with E-state index in [2.05, 4.69) is 0 Å². The van der Waals surface area contributed by atoms with Gasteiger partial charge in [-0.15, -0.1) is 0 Å². The molecule has 1 aromatic heterocycles. The molecule has 5 heteroatoms. The Labute approximate surface area is 177 Å². The van der Waals surface area contributed by atoms with Gasteiger partial charge in [-0.3, -0.25) is 4.79 Å². The SMILES string of the molecule is CC(C)=C[C@H](O)C(=O)/C(C)=C/CC/C(C)=C/Cc1c(O)c2c(C)cccc2oc1=O. The summed E-state index contributed by atoms with van der Waals surface area (Å²) in [6.45, 7) is 9.16. The lowest BCUT2D eigenvalue weighted by atomic mass is 10.0. The molecule has 0 unspecified atom stereocenters. The Hall–Kier alpha value is -2.92. The summed E-state index contributed by atoms with van der Waals surface area (Å²) in [5.41, 5.74) is 3.36. The quantitative estimate of drug-likeness (QED) is 0.366. The highest BCUT2D eigenvalue weighted by Gasteiger charge is 2.15. The van der Waals surface area contributed by atoms with Gasteiger partial charge in [0.2, 0.25) is 0 Å². The van der Waals surface area contributed by atoms with Gasteiger partial charge in [0, 0.05) is 6.42 Å². The average Bonchev–Trinajstić information content (AvgIpc) is 2.66. The van der Waals surface area contributed by atoms with Crippen LogP contribution >= 0.6 is 0 Å². The Morgan fingerprint density at radius 3 is 2.53 bits per heavy atom. The van der Waals surface area contributed by atoms with E-state index >= 15 is 0 Å². The Morgan fingerprint density at radius 1 is 1.17 bits per heavy atom. The smallest absolute Gasteiger partial charge is 0.343 e. The molecule has 0 fully saturated rings. The molecule has 2 rings (SSSR count). The molecule has 2 N–H and O–H groups in total. The van der Waals surface area contributed by atoms with Crippen molar-refractivity contribution >= 4 is 16.8 Å². The van der Waals surface area contributed by atoms with Crippen LogP contribution in [0.15, 0.2) is 62.4 Å². The molecule has 5 nitrogen and oxygen atoms in total. The third kappa shape index (κ3) is 5.80. The number of fused-ring (bicyclic) bond motifs is 1. The first-order chi connectivity index (χ1) is 14.1. The van der Waals surface area contributed by atoms with E-state index < -0.39 is 11.7 Å². The molecule has 0 amide bonds. The first-order valence-electron chi connectivity index (χ1n) is 10.1. The largest absolute Gasteiger partial charge is 0.507 e. The van der Waals surface area contributed by atoms with Gasteiger partial charge in [-0.05, 0) is 70.7 Å². The number of carbonyl (C=O) groups excluding carboxylic acids is 1. The van der Waals surface area contributed by atoms with Gasteiger partial charge in [-0.1, -0.05) is 35.4 Å². The molecule has 30 heavy (non-hydrogen) atoms. The van der Waals surface area contributed by atoms with Crippen molar-refractivity contribution in [3.8, 4) is 5.75 Å². The third-order valence-electron chi connectivity index (χ3n) is 5.00. The van der Waals surface area contributed by atoms with Crippen LogP contribution in [0.3, 0.4) is 0 Å². The monoisotopic (exact) mass is 410 g/mol. The normalized spacial score (nSPS) is 13.4. The van der Waals surface area contributed by atoms with E-state index in [1.54, 1.807) is 19.1 Å². The van der Waals surface area contributed by atoms with Crippen LogP contribution < -0.4 is 5.63 Å². The lowest BCUT2D eigenvalue weighted by molar-refractivity contribution is -0.121. The fraction of sp³-hybridized carbons (Fsp3) is 0.360. The standard InChI is InChI=1S/C25H30O5/c1-15(2)14-20(26)23(27)18(5)10-6-8-16(3)12-13-19-24(28)22-17(4)9-7-11-21(22)30-25(19)29/h7,9-12,14,20,26,28H,6,8,13H2,1-5H3/b16-12+,18-10+/t20-/m0/s1. The van der Waals surface area contributed by atoms with Crippen molar-refractivity contribution in [1.29, 1.82) is 0 Å². The van der Waals surface area contributed by atoms with Crippen molar-refractivity contribution in [2.45, 2.75) is 60.0 Å². The van der Waals surface area contributed by atoms with E-state index in [4.69, 9.17) is 4.42 Å². The zero-order chi connectivity index (χ0) is 22.4. The first-order valence-corrected chi connectivity index (χ1v) is 10.1. The molecule has 0 bridgehead atoms. The van der Waals surface area contributed by atoms with Gasteiger partial charge in [-0.25, -0.2) is 4.79 Å². The molecular formula is C25H30O5. The molecule has 2 aromatic rings. The molecule has 0 spiro atoms. The molecular weight excluding hydrogens is 380 g/mol. The number of carbonyl (C=O) groups is 1. The minimum Gasteiger partial charge on any atom is -0.507 e. The summed E-state index contributed by atoms with van der Waals surface area (Å²) in [7, 11) is 0. The van der Waals surface area contributed by atoms with Crippen LogP contribution in [0, 0.1) is 6.92 Å². The number of benzene rings is 1. The predicted octanol–water partition coefficient (Wildman–Crippen LogP) is 4.92. The molecule has 0 aliphatic carbocycles. The van der Waals surface area contributed by atoms with E-state index in [-0.39, 0.29) is 23.5 Å². The Kier molecular flexibility index (Phi) is 7.95. The summed E-state index contributed by atoms with van der Waals surface area (Å²) in [4.78, 5) is 24.4. The van der Waals surface area contributed by atoms with Gasteiger partial charge in [-0.2, -0.15) is 0 Å². The van der Waals surface area contributed by atoms with Gasteiger partial charge < -0.3 is 14.6 Å². The third-order valence-corrected chi connectivity index (χ3v) is 5.00. The number of aromatic hydroxyl groups is 1. The number of ketones is 1. The van der Waals surface area contributed by atoms with Crippen molar-refractivity contribution in [1.82, 2.24) is 0 Å². The highest BCUT2D eigenvalue weighted by molar-refractivity contribution is 5.99. The van der Waals surface area contributed by atoms with Gasteiger partial charge in [0.1, 0.15) is 17.4 Å². The molecule has 1 atom stereocenters. The molecule has 0 saturated carbocycles. The number of allylic oxidation sites excluding steroid dienone is 4. The van der Waals surface area contributed by atoms with Crippen LogP contribution in [-0.2, 0) is 11.2 Å². The van der Waals surface area contributed by atoms with Crippen LogP contribution in [0.25, 0.3) is 11.0 Å². The van der Waals surface area contributed by atoms with Crippen molar-refractivity contribution in [3.05, 3.63) is 74.7 Å². The summed E-state index contributed by atoms with van der Waals surface area (Å²) >= 11 is 0. The van der Waals surface area contributed by atoms with Crippen molar-refractivity contribution in [2.75, 3.05) is 0 Å². The number of hydrogen-bond donors (Lipinski definition) is 2. The first kappa shape index (κ1) is 23.4. The lowest BCUT2D eigenvalue weighted by Gasteiger charge is -2.08. The molecule has 0 aliphatic heterocycles. The van der Waals surface area contributed by atoms with Gasteiger partial charge in [0.05, 0.1) is 10.9 Å². The van der Waals surface area contributed by atoms with E-state index in [0.717, 1.165) is 16.7 Å². The van der Waals surface area contributed by atoms with Crippen LogP contribution in [0.1, 0.15) is 51.7 Å². The van der Waals surface area contributed by atoms with Crippen LogP contribution in [0.2, 0.25) is 0 Å². The van der Waals surface area contributed by atoms with Gasteiger partial charge >= 0.3 is 5.63 Å². The highest BCUT2D eigenvalue weighted by Crippen LogP contribution is 2.29. The number of aryl methyl sites for hydroxylation is 1. The van der Waals surface area contributed by atoms with E-state index in [1.807, 2.05) is 45.9 Å². The molecule has 160 valence electrons. The summed E-state index contributed by atoms with van der Waals surface area (Å²) in [6.07, 6.45) is 5.73. The predicted molar refractivity (Wildman–Crippen MR) is 120 cm³/mol. The van der Waals surface area contributed by atoms with Gasteiger partial charge in [0.25, 0.3) is 0 Å². The topological polar surface area (TPSA) is 87.7 Å². The number of aliphatic hydroxyl groups is 1. The van der Waals surface area contributed by atoms with Crippen LogP contribution in [0.4, 0.5) is 0 Å². The fourth-order valence-electron chi connectivity index (χ4n) is 3.24. The molecule has 0 saturated heterocycles. The zero-order valence-corrected chi connectivity index (χ0v) is 18.3. The fourth-order valence-corrected chi connectivity index (χ4v) is 3.24. The Balaban J connectivity index is 2.08. The minimum atomic E-state index is -1.11. The second kappa shape index (κ2) is 10.2. The second-order valence-electron chi connectivity index (χ2n) is 7.90. The molecule has 1 heterocycles. The maximum atomic E-state index is 12.3. The van der Waals surface area contributed by atoms with Crippen LogP contribution in [0.5, 0.6) is 5.75 Å². The maximum absolute atomic E-state index is 12.3. The molecule has 1 aromatic carbocycles. The highest BCUT2D eigenvalue weighted by atomic mass is 16.4. The van der Waals surface area contributed by atoms with Crippen LogP contribution in [-0.4, -0.2) is 22.1 Å². The Morgan fingerprint density at radius 2 is 1.87 bits per heavy atom. The van der Waals surface area contributed by atoms with Crippen molar-refractivity contribution in [3.63, 3.8) is 0 Å². The number of Topliss-reactive ketones (excluding diaryl/α,β-unsaturated/α-hetero) is 1. The second-order valence-corrected chi connectivity index (χ2v) is 7.90. The number of rotatable bonds is 8. The maximum Gasteiger partial charge on any atom is 0.343 e. The van der Waals surface area contributed by atoms with E-state index in [0.29, 0.717) is 29.4 Å². The number of aliphatic hydroxyl groups excluding tert-OH is 1. The zero-order valence-electron chi connectivity index (χ0n) is 18.3. The molecule has 0 radical (unpaired) electrons. The lowest BCUT2D eigenvalue weighted by Crippen LogP contribution is -2.18. The summed E-state index contributed by atoms with van der Waals surface area (Å²) in [5.74, 6) is -0.329. The molecule has 0 aliphatic rings.